The Bertz CT molecular complexity index is 836. The van der Waals surface area contributed by atoms with Crippen molar-refractivity contribution in [2.45, 2.75) is 26.3 Å². The summed E-state index contributed by atoms with van der Waals surface area (Å²) in [5.41, 5.74) is 3.04. The summed E-state index contributed by atoms with van der Waals surface area (Å²) >= 11 is 12.1. The lowest BCUT2D eigenvalue weighted by atomic mass is 10.1. The van der Waals surface area contributed by atoms with E-state index in [9.17, 15) is 9.59 Å². The first kappa shape index (κ1) is 16.8. The van der Waals surface area contributed by atoms with E-state index >= 15 is 0 Å². The standard InChI is InChI=1S/C18H16Cl2N2O2/c1-10-6-7-11(2)15(8-10)22-16(23)9-14(18(22)24)21-13-5-3-4-12(19)17(13)20/h3-8,14,21H,9H2,1-2H3/t14-/m1/s1. The van der Waals surface area contributed by atoms with Gasteiger partial charge in [-0.25, -0.2) is 4.90 Å². The number of imide groups is 1. The summed E-state index contributed by atoms with van der Waals surface area (Å²) in [5, 5.41) is 3.77. The lowest BCUT2D eigenvalue weighted by Gasteiger charge is -2.19. The topological polar surface area (TPSA) is 49.4 Å². The average Bonchev–Trinajstić information content (AvgIpc) is 2.81. The maximum absolute atomic E-state index is 12.7. The molecule has 0 spiro atoms. The number of nitrogens with one attached hydrogen (secondary N) is 1. The molecule has 2 amide bonds. The van der Waals surface area contributed by atoms with Gasteiger partial charge in [0.15, 0.2) is 0 Å². The number of amides is 2. The minimum absolute atomic E-state index is 0.0784. The Hall–Kier alpha value is -2.04. The molecule has 1 heterocycles. The number of halogens is 2. The van der Waals surface area contributed by atoms with E-state index in [2.05, 4.69) is 5.32 Å². The molecule has 1 aliphatic rings. The van der Waals surface area contributed by atoms with Crippen molar-refractivity contribution in [3.8, 4) is 0 Å². The number of nitrogens with zero attached hydrogens (tertiary/aromatic N) is 1. The molecular weight excluding hydrogens is 347 g/mol. The van der Waals surface area contributed by atoms with Crippen LogP contribution in [0.1, 0.15) is 17.5 Å². The van der Waals surface area contributed by atoms with E-state index in [-0.39, 0.29) is 18.2 Å². The quantitative estimate of drug-likeness (QED) is 0.825. The predicted octanol–water partition coefficient (Wildman–Crippen LogP) is 4.35. The van der Waals surface area contributed by atoms with Crippen LogP contribution in [0, 0.1) is 13.8 Å². The van der Waals surface area contributed by atoms with E-state index in [0.717, 1.165) is 11.1 Å². The first-order chi connectivity index (χ1) is 11.4. The predicted molar refractivity (Wildman–Crippen MR) is 96.9 cm³/mol. The highest BCUT2D eigenvalue weighted by Gasteiger charge is 2.40. The second-order valence-corrected chi connectivity index (χ2v) is 6.64. The maximum atomic E-state index is 12.7. The molecule has 3 rings (SSSR count). The summed E-state index contributed by atoms with van der Waals surface area (Å²) in [6.07, 6.45) is 0.0784. The Morgan fingerprint density at radius 3 is 2.62 bits per heavy atom. The van der Waals surface area contributed by atoms with Crippen molar-refractivity contribution >= 4 is 46.4 Å². The highest BCUT2D eigenvalue weighted by Crippen LogP contribution is 2.33. The van der Waals surface area contributed by atoms with Crippen LogP contribution >= 0.6 is 23.2 Å². The second kappa shape index (κ2) is 6.46. The zero-order valence-corrected chi connectivity index (χ0v) is 14.8. The van der Waals surface area contributed by atoms with E-state index in [0.29, 0.717) is 21.4 Å². The summed E-state index contributed by atoms with van der Waals surface area (Å²) < 4.78 is 0. The van der Waals surface area contributed by atoms with Gasteiger partial charge in [0.25, 0.3) is 5.91 Å². The molecule has 24 heavy (non-hydrogen) atoms. The Morgan fingerprint density at radius 1 is 1.12 bits per heavy atom. The monoisotopic (exact) mass is 362 g/mol. The van der Waals surface area contributed by atoms with Gasteiger partial charge in [-0.3, -0.25) is 9.59 Å². The fourth-order valence-electron chi connectivity index (χ4n) is 2.76. The molecule has 1 N–H and O–H groups in total. The van der Waals surface area contributed by atoms with Crippen molar-refractivity contribution in [2.75, 3.05) is 10.2 Å². The van der Waals surface area contributed by atoms with Crippen molar-refractivity contribution in [1.29, 1.82) is 0 Å². The SMILES string of the molecule is Cc1ccc(C)c(N2C(=O)C[C@@H](Nc3cccc(Cl)c3Cl)C2=O)c1. The van der Waals surface area contributed by atoms with Crippen LogP contribution in [-0.2, 0) is 9.59 Å². The smallest absolute Gasteiger partial charge is 0.256 e. The highest BCUT2D eigenvalue weighted by atomic mass is 35.5. The summed E-state index contributed by atoms with van der Waals surface area (Å²) in [4.78, 5) is 26.4. The van der Waals surface area contributed by atoms with E-state index in [1.54, 1.807) is 18.2 Å². The number of carbonyl (C=O) groups is 2. The average molecular weight is 363 g/mol. The largest absolute Gasteiger partial charge is 0.372 e. The van der Waals surface area contributed by atoms with Crippen LogP contribution < -0.4 is 10.2 Å². The van der Waals surface area contributed by atoms with Gasteiger partial charge in [-0.15, -0.1) is 0 Å². The van der Waals surface area contributed by atoms with Gasteiger partial charge < -0.3 is 5.32 Å². The van der Waals surface area contributed by atoms with Crippen molar-refractivity contribution in [2.24, 2.45) is 0 Å². The molecule has 1 aliphatic heterocycles. The molecule has 2 aromatic rings. The van der Waals surface area contributed by atoms with E-state index in [4.69, 9.17) is 23.2 Å². The lowest BCUT2D eigenvalue weighted by molar-refractivity contribution is -0.121. The molecule has 0 aliphatic carbocycles. The molecule has 2 aromatic carbocycles. The molecule has 0 aromatic heterocycles. The van der Waals surface area contributed by atoms with Gasteiger partial charge in [0, 0.05) is 0 Å². The van der Waals surface area contributed by atoms with Gasteiger partial charge in [0.1, 0.15) is 6.04 Å². The van der Waals surface area contributed by atoms with Crippen molar-refractivity contribution < 1.29 is 9.59 Å². The lowest BCUT2D eigenvalue weighted by Crippen LogP contribution is -2.35. The molecule has 0 unspecified atom stereocenters. The number of anilines is 2. The van der Waals surface area contributed by atoms with Crippen LogP contribution in [0.4, 0.5) is 11.4 Å². The first-order valence-corrected chi connectivity index (χ1v) is 8.28. The van der Waals surface area contributed by atoms with Gasteiger partial charge in [0.2, 0.25) is 5.91 Å². The maximum Gasteiger partial charge on any atom is 0.256 e. The number of benzene rings is 2. The summed E-state index contributed by atoms with van der Waals surface area (Å²) in [7, 11) is 0. The molecule has 4 nitrogen and oxygen atoms in total. The number of hydrogen-bond acceptors (Lipinski definition) is 3. The second-order valence-electron chi connectivity index (χ2n) is 5.86. The third kappa shape index (κ3) is 2.99. The van der Waals surface area contributed by atoms with Gasteiger partial charge in [0.05, 0.1) is 27.8 Å². The third-order valence-corrected chi connectivity index (χ3v) is 4.85. The Balaban J connectivity index is 1.89. The zero-order valence-electron chi connectivity index (χ0n) is 13.3. The van der Waals surface area contributed by atoms with Gasteiger partial charge in [-0.2, -0.15) is 0 Å². The number of aryl methyl sites for hydroxylation is 2. The normalized spacial score (nSPS) is 17.5. The Morgan fingerprint density at radius 2 is 1.88 bits per heavy atom. The van der Waals surface area contributed by atoms with Crippen molar-refractivity contribution in [3.63, 3.8) is 0 Å². The van der Waals surface area contributed by atoms with Crippen LogP contribution in [-0.4, -0.2) is 17.9 Å². The molecule has 1 saturated heterocycles. The zero-order chi connectivity index (χ0) is 17.4. The molecule has 1 fully saturated rings. The number of hydrogen-bond donors (Lipinski definition) is 1. The summed E-state index contributed by atoms with van der Waals surface area (Å²) in [5.74, 6) is -0.519. The Kier molecular flexibility index (Phi) is 4.52. The van der Waals surface area contributed by atoms with Crippen molar-refractivity contribution in [3.05, 3.63) is 57.6 Å². The minimum Gasteiger partial charge on any atom is -0.372 e. The number of carbonyl (C=O) groups excluding carboxylic acids is 2. The molecule has 0 bridgehead atoms. The fourth-order valence-corrected chi connectivity index (χ4v) is 3.12. The molecule has 6 heteroatoms. The number of rotatable bonds is 3. The van der Waals surface area contributed by atoms with Crippen LogP contribution in [0.15, 0.2) is 36.4 Å². The molecule has 124 valence electrons. The Labute approximate surface area is 150 Å². The molecule has 1 atom stereocenters. The van der Waals surface area contributed by atoms with Gasteiger partial charge >= 0.3 is 0 Å². The van der Waals surface area contributed by atoms with Crippen LogP contribution in [0.3, 0.4) is 0 Å². The van der Waals surface area contributed by atoms with Crippen molar-refractivity contribution in [1.82, 2.24) is 0 Å². The van der Waals surface area contributed by atoms with E-state index in [1.807, 2.05) is 32.0 Å². The summed E-state index contributed by atoms with van der Waals surface area (Å²) in [6.45, 7) is 3.80. The van der Waals surface area contributed by atoms with E-state index < -0.39 is 6.04 Å². The molecule has 0 radical (unpaired) electrons. The van der Waals surface area contributed by atoms with Gasteiger partial charge in [-0.05, 0) is 43.2 Å². The summed E-state index contributed by atoms with van der Waals surface area (Å²) in [6, 6.07) is 10.2. The third-order valence-electron chi connectivity index (χ3n) is 4.03. The first-order valence-electron chi connectivity index (χ1n) is 7.53. The van der Waals surface area contributed by atoms with Crippen LogP contribution in [0.2, 0.25) is 10.0 Å². The van der Waals surface area contributed by atoms with Crippen LogP contribution in [0.25, 0.3) is 0 Å². The minimum atomic E-state index is -0.659. The molecule has 0 saturated carbocycles. The fraction of sp³-hybridized carbons (Fsp3) is 0.222. The van der Waals surface area contributed by atoms with Crippen LogP contribution in [0.5, 0.6) is 0 Å². The van der Waals surface area contributed by atoms with E-state index in [1.165, 1.54) is 4.90 Å². The highest BCUT2D eigenvalue weighted by molar-refractivity contribution is 6.43. The molecular formula is C18H16Cl2N2O2. The van der Waals surface area contributed by atoms with Gasteiger partial charge in [-0.1, -0.05) is 41.4 Å².